The number of carbonyl (C=O) groups excluding carboxylic acids is 2. The molecule has 0 saturated carbocycles. The second-order valence-corrected chi connectivity index (χ2v) is 9.89. The average Bonchev–Trinajstić information content (AvgIpc) is 3.37. The van der Waals surface area contributed by atoms with Gasteiger partial charge in [0.25, 0.3) is 5.91 Å². The van der Waals surface area contributed by atoms with Crippen LogP contribution in [0.1, 0.15) is 55.3 Å². The Balaban J connectivity index is 1.20. The number of ether oxygens (including phenoxy) is 1. The molecule has 0 radical (unpaired) electrons. The molecule has 0 aromatic heterocycles. The minimum Gasteiger partial charge on any atom is -0.496 e. The number of nitrogens with one attached hydrogen (secondary N) is 1. The van der Waals surface area contributed by atoms with Crippen LogP contribution < -0.4 is 15.8 Å². The molecule has 1 aliphatic carbocycles. The van der Waals surface area contributed by atoms with Gasteiger partial charge in [-0.2, -0.15) is 0 Å². The van der Waals surface area contributed by atoms with Crippen molar-refractivity contribution in [2.75, 3.05) is 45.6 Å². The fraction of sp³-hybridized carbons (Fsp3) is 0.600. The Kier molecular flexibility index (Phi) is 7.81. The maximum atomic E-state index is 12.8. The molecule has 0 spiro atoms. The zero-order valence-corrected chi connectivity index (χ0v) is 20.2. The number of amides is 2. The number of allylic oxidation sites excluding steroid dienone is 1. The Morgan fingerprint density at radius 1 is 1.15 bits per heavy atom. The molecule has 2 saturated heterocycles. The smallest absolute Gasteiger partial charge is 0.255 e. The first-order chi connectivity index (χ1) is 15.9. The number of piperidine rings is 2. The lowest BCUT2D eigenvalue weighted by Crippen LogP contribution is -2.47. The van der Waals surface area contributed by atoms with Gasteiger partial charge in [-0.3, -0.25) is 9.59 Å². The van der Waals surface area contributed by atoms with E-state index >= 15 is 0 Å². The number of nitrogen functional groups attached to an aromatic ring is 1. The van der Waals surface area contributed by atoms with Crippen LogP contribution in [0.3, 0.4) is 0 Å². The molecule has 1 aromatic rings. The van der Waals surface area contributed by atoms with Gasteiger partial charge in [0.15, 0.2) is 0 Å². The standard InChI is InChI=1S/C25H35ClN4O3/c1-33-23-15-22(27)21(26)14-20(23)24(31)28-19-8-10-29(11-9-19)16-17-6-12-30(13-7-17)25(32)18-4-2-3-5-18/h4,14-15,17,19H,2-3,5-13,16,27H2,1H3,(H,28,31). The second-order valence-electron chi connectivity index (χ2n) is 9.48. The van der Waals surface area contributed by atoms with Gasteiger partial charge < -0.3 is 25.6 Å². The first-order valence-corrected chi connectivity index (χ1v) is 12.5. The quantitative estimate of drug-likeness (QED) is 0.616. The molecule has 8 heteroatoms. The molecule has 3 N–H and O–H groups in total. The lowest BCUT2D eigenvalue weighted by molar-refractivity contribution is -0.128. The topological polar surface area (TPSA) is 87.9 Å². The minimum atomic E-state index is -0.179. The highest BCUT2D eigenvalue weighted by Crippen LogP contribution is 2.29. The Hall–Kier alpha value is -2.25. The van der Waals surface area contributed by atoms with Crippen LogP contribution in [0.25, 0.3) is 0 Å². The van der Waals surface area contributed by atoms with Crippen LogP contribution in [0.15, 0.2) is 23.8 Å². The van der Waals surface area contributed by atoms with E-state index in [9.17, 15) is 9.59 Å². The van der Waals surface area contributed by atoms with E-state index in [2.05, 4.69) is 16.3 Å². The summed E-state index contributed by atoms with van der Waals surface area (Å²) in [5, 5.41) is 3.48. The number of methoxy groups -OCH3 is 1. The summed E-state index contributed by atoms with van der Waals surface area (Å²) in [5.74, 6) is 1.16. The van der Waals surface area contributed by atoms with Crippen LogP contribution >= 0.6 is 11.6 Å². The van der Waals surface area contributed by atoms with Gasteiger partial charge in [-0.15, -0.1) is 0 Å². The van der Waals surface area contributed by atoms with E-state index < -0.39 is 0 Å². The fourth-order valence-electron chi connectivity index (χ4n) is 5.19. The molecule has 180 valence electrons. The van der Waals surface area contributed by atoms with E-state index in [1.54, 1.807) is 12.1 Å². The molecule has 2 heterocycles. The molecule has 2 fully saturated rings. The van der Waals surface area contributed by atoms with Gasteiger partial charge in [0.1, 0.15) is 5.75 Å². The van der Waals surface area contributed by atoms with Crippen LogP contribution in [0.2, 0.25) is 5.02 Å². The Bertz CT molecular complexity index is 903. The Morgan fingerprint density at radius 2 is 1.88 bits per heavy atom. The molecular formula is C25H35ClN4O3. The molecule has 0 bridgehead atoms. The molecule has 2 amide bonds. The number of rotatable bonds is 6. The van der Waals surface area contributed by atoms with Crippen LogP contribution in [0, 0.1) is 5.92 Å². The summed E-state index contributed by atoms with van der Waals surface area (Å²) < 4.78 is 5.31. The van der Waals surface area contributed by atoms with Crippen molar-refractivity contribution in [2.45, 2.75) is 51.0 Å². The van der Waals surface area contributed by atoms with E-state index in [1.807, 2.05) is 4.90 Å². The van der Waals surface area contributed by atoms with Crippen molar-refractivity contribution in [3.63, 3.8) is 0 Å². The molecule has 0 unspecified atom stereocenters. The van der Waals surface area contributed by atoms with E-state index in [4.69, 9.17) is 22.1 Å². The van der Waals surface area contributed by atoms with Crippen molar-refractivity contribution in [3.8, 4) is 5.75 Å². The van der Waals surface area contributed by atoms with Crippen molar-refractivity contribution in [3.05, 3.63) is 34.4 Å². The average molecular weight is 475 g/mol. The highest BCUT2D eigenvalue weighted by molar-refractivity contribution is 6.33. The largest absolute Gasteiger partial charge is 0.496 e. The number of likely N-dealkylation sites (tertiary alicyclic amines) is 2. The zero-order chi connectivity index (χ0) is 23.4. The Morgan fingerprint density at radius 3 is 2.52 bits per heavy atom. The molecule has 4 rings (SSSR count). The van der Waals surface area contributed by atoms with E-state index in [0.29, 0.717) is 27.9 Å². The number of benzene rings is 1. The molecule has 3 aliphatic rings. The Labute approximate surface area is 201 Å². The summed E-state index contributed by atoms with van der Waals surface area (Å²) in [6.45, 7) is 4.76. The molecule has 33 heavy (non-hydrogen) atoms. The first-order valence-electron chi connectivity index (χ1n) is 12.1. The van der Waals surface area contributed by atoms with Crippen molar-refractivity contribution in [2.24, 2.45) is 5.92 Å². The summed E-state index contributed by atoms with van der Waals surface area (Å²) in [6.07, 6.45) is 9.23. The molecule has 2 aliphatic heterocycles. The fourth-order valence-corrected chi connectivity index (χ4v) is 5.35. The highest BCUT2D eigenvalue weighted by atomic mass is 35.5. The van der Waals surface area contributed by atoms with E-state index in [1.165, 1.54) is 7.11 Å². The van der Waals surface area contributed by atoms with Crippen LogP contribution in [0.4, 0.5) is 5.69 Å². The molecular weight excluding hydrogens is 440 g/mol. The number of halogens is 1. The number of nitrogens with two attached hydrogens (primary N) is 1. The maximum absolute atomic E-state index is 12.8. The van der Waals surface area contributed by atoms with Gasteiger partial charge in [-0.05, 0) is 56.9 Å². The van der Waals surface area contributed by atoms with Crippen molar-refractivity contribution < 1.29 is 14.3 Å². The second kappa shape index (κ2) is 10.8. The van der Waals surface area contributed by atoms with Crippen molar-refractivity contribution in [1.82, 2.24) is 15.1 Å². The predicted molar refractivity (Wildman–Crippen MR) is 131 cm³/mol. The summed E-state index contributed by atoms with van der Waals surface area (Å²) in [4.78, 5) is 29.9. The van der Waals surface area contributed by atoms with Gasteiger partial charge in [-0.1, -0.05) is 17.7 Å². The van der Waals surface area contributed by atoms with E-state index in [0.717, 1.165) is 83.2 Å². The third-order valence-corrected chi connectivity index (χ3v) is 7.55. The summed E-state index contributed by atoms with van der Waals surface area (Å²) in [7, 11) is 1.52. The normalized spacial score (nSPS) is 20.5. The number of hydrogen-bond acceptors (Lipinski definition) is 5. The van der Waals surface area contributed by atoms with Gasteiger partial charge in [0.05, 0.1) is 23.4 Å². The van der Waals surface area contributed by atoms with Gasteiger partial charge in [-0.25, -0.2) is 0 Å². The number of nitrogens with zero attached hydrogens (tertiary/aromatic N) is 2. The third kappa shape index (κ3) is 5.82. The van der Waals surface area contributed by atoms with Crippen LogP contribution in [-0.4, -0.2) is 67.5 Å². The minimum absolute atomic E-state index is 0.133. The van der Waals surface area contributed by atoms with Crippen molar-refractivity contribution >= 4 is 29.1 Å². The molecule has 0 atom stereocenters. The summed E-state index contributed by atoms with van der Waals surface area (Å²) in [5.41, 5.74) is 7.65. The lowest BCUT2D eigenvalue weighted by atomic mass is 9.94. The summed E-state index contributed by atoms with van der Waals surface area (Å²) in [6, 6.07) is 3.29. The number of carbonyl (C=O) groups is 2. The van der Waals surface area contributed by atoms with Gasteiger partial charge >= 0.3 is 0 Å². The predicted octanol–water partition coefficient (Wildman–Crippen LogP) is 3.47. The van der Waals surface area contributed by atoms with Crippen molar-refractivity contribution in [1.29, 1.82) is 0 Å². The van der Waals surface area contributed by atoms with Gasteiger partial charge in [0, 0.05) is 50.4 Å². The van der Waals surface area contributed by atoms with E-state index in [-0.39, 0.29) is 17.9 Å². The number of anilines is 1. The third-order valence-electron chi connectivity index (χ3n) is 7.22. The number of hydrogen-bond donors (Lipinski definition) is 2. The lowest BCUT2D eigenvalue weighted by Gasteiger charge is -2.38. The zero-order valence-electron chi connectivity index (χ0n) is 19.4. The van der Waals surface area contributed by atoms with Gasteiger partial charge in [0.2, 0.25) is 5.91 Å². The highest BCUT2D eigenvalue weighted by Gasteiger charge is 2.28. The summed E-state index contributed by atoms with van der Waals surface area (Å²) >= 11 is 6.11. The molecule has 1 aromatic carbocycles. The van der Waals surface area contributed by atoms with Crippen LogP contribution in [-0.2, 0) is 4.79 Å². The van der Waals surface area contributed by atoms with Crippen LogP contribution in [0.5, 0.6) is 5.75 Å². The first kappa shape index (κ1) is 23.9. The monoisotopic (exact) mass is 474 g/mol. The molecule has 7 nitrogen and oxygen atoms in total. The SMILES string of the molecule is COc1cc(N)c(Cl)cc1C(=O)NC1CCN(CC2CCN(C(=O)C3=CCCC3)CC2)CC1. The maximum Gasteiger partial charge on any atom is 0.255 e.